The summed E-state index contributed by atoms with van der Waals surface area (Å²) in [5.74, 6) is 3.06. The lowest BCUT2D eigenvalue weighted by atomic mass is 9.85. The molecule has 0 amide bonds. The molecule has 1 saturated heterocycles. The fourth-order valence-corrected chi connectivity index (χ4v) is 2.71. The summed E-state index contributed by atoms with van der Waals surface area (Å²) in [5, 5.41) is 2.51. The number of hydrogen-bond donors (Lipinski definition) is 0. The van der Waals surface area contributed by atoms with E-state index in [4.69, 9.17) is 21.1 Å². The van der Waals surface area contributed by atoms with Gasteiger partial charge in [-0.15, -0.1) is 0 Å². The largest absolute Gasteiger partial charge is 0.353 e. The molecule has 0 aromatic heterocycles. The summed E-state index contributed by atoms with van der Waals surface area (Å²) in [5.41, 5.74) is -0.331. The van der Waals surface area contributed by atoms with Gasteiger partial charge in [0.1, 0.15) is 5.60 Å². The van der Waals surface area contributed by atoms with Gasteiger partial charge in [-0.2, -0.15) is 0 Å². The second-order valence-corrected chi connectivity index (χ2v) is 4.88. The lowest BCUT2D eigenvalue weighted by Gasteiger charge is -2.36. The van der Waals surface area contributed by atoms with Crippen molar-refractivity contribution in [3.05, 3.63) is 0 Å². The highest BCUT2D eigenvalue weighted by molar-refractivity contribution is 6.30. The normalized spacial score (nSPS) is 29.2. The third-order valence-electron chi connectivity index (χ3n) is 3.43. The van der Waals surface area contributed by atoms with Crippen molar-refractivity contribution in [1.82, 2.24) is 0 Å². The maximum Gasteiger partial charge on any atom is 0.159 e. The second kappa shape index (κ2) is 5.91. The SMILES string of the molecule is ClC#CC1(OC2CCCCO2)CCCCC1. The smallest absolute Gasteiger partial charge is 0.159 e. The van der Waals surface area contributed by atoms with Crippen molar-refractivity contribution >= 4 is 11.6 Å². The van der Waals surface area contributed by atoms with Gasteiger partial charge in [-0.1, -0.05) is 12.3 Å². The number of hydrogen-bond acceptors (Lipinski definition) is 2. The first-order valence-electron chi connectivity index (χ1n) is 6.27. The molecule has 16 heavy (non-hydrogen) atoms. The van der Waals surface area contributed by atoms with Gasteiger partial charge in [-0.05, 0) is 56.5 Å². The average molecular weight is 243 g/mol. The van der Waals surface area contributed by atoms with Crippen molar-refractivity contribution in [2.45, 2.75) is 63.3 Å². The standard InChI is InChI=1S/C13H19ClO2/c14-10-9-13(7-3-1-4-8-13)16-12-6-2-5-11-15-12/h12H,1-8,11H2. The molecule has 0 aromatic rings. The number of halogens is 1. The van der Waals surface area contributed by atoms with E-state index in [2.05, 4.69) is 11.3 Å². The zero-order valence-electron chi connectivity index (χ0n) is 9.64. The van der Waals surface area contributed by atoms with Crippen molar-refractivity contribution in [3.8, 4) is 11.3 Å². The molecule has 1 aliphatic carbocycles. The second-order valence-electron chi connectivity index (χ2n) is 4.69. The molecule has 1 aliphatic heterocycles. The van der Waals surface area contributed by atoms with Crippen LogP contribution < -0.4 is 0 Å². The molecule has 0 N–H and O–H groups in total. The fraction of sp³-hybridized carbons (Fsp3) is 0.846. The highest BCUT2D eigenvalue weighted by Crippen LogP contribution is 2.34. The molecule has 2 fully saturated rings. The summed E-state index contributed by atoms with van der Waals surface area (Å²) in [6, 6.07) is 0. The van der Waals surface area contributed by atoms with Gasteiger partial charge in [-0.25, -0.2) is 0 Å². The lowest BCUT2D eigenvalue weighted by molar-refractivity contribution is -0.214. The molecule has 2 nitrogen and oxygen atoms in total. The van der Waals surface area contributed by atoms with Crippen molar-refractivity contribution in [1.29, 1.82) is 0 Å². The van der Waals surface area contributed by atoms with Gasteiger partial charge >= 0.3 is 0 Å². The molecule has 2 rings (SSSR count). The molecule has 3 heteroatoms. The van der Waals surface area contributed by atoms with Crippen LogP contribution in [-0.4, -0.2) is 18.5 Å². The molecule has 0 radical (unpaired) electrons. The predicted molar refractivity (Wildman–Crippen MR) is 64.1 cm³/mol. The molecule has 1 atom stereocenters. The Bertz CT molecular complexity index is 267. The highest BCUT2D eigenvalue weighted by atomic mass is 35.5. The van der Waals surface area contributed by atoms with E-state index in [1.165, 1.54) is 25.7 Å². The quantitative estimate of drug-likeness (QED) is 0.691. The minimum Gasteiger partial charge on any atom is -0.353 e. The van der Waals surface area contributed by atoms with Gasteiger partial charge in [0.2, 0.25) is 0 Å². The summed E-state index contributed by atoms with van der Waals surface area (Å²) in [6.45, 7) is 0.815. The van der Waals surface area contributed by atoms with E-state index < -0.39 is 0 Å². The Labute approximate surface area is 103 Å². The van der Waals surface area contributed by atoms with Gasteiger partial charge in [-0.3, -0.25) is 0 Å². The number of rotatable bonds is 2. The molecular formula is C13H19ClO2. The zero-order valence-corrected chi connectivity index (χ0v) is 10.4. The van der Waals surface area contributed by atoms with Crippen LogP contribution in [0.2, 0.25) is 0 Å². The van der Waals surface area contributed by atoms with E-state index in [0.29, 0.717) is 0 Å². The van der Waals surface area contributed by atoms with Crippen molar-refractivity contribution in [2.75, 3.05) is 6.61 Å². The lowest BCUT2D eigenvalue weighted by Crippen LogP contribution is -2.39. The monoisotopic (exact) mass is 242 g/mol. The Morgan fingerprint density at radius 3 is 2.56 bits per heavy atom. The molecule has 0 aromatic carbocycles. The summed E-state index contributed by atoms with van der Waals surface area (Å²) >= 11 is 5.56. The molecule has 1 saturated carbocycles. The molecule has 0 bridgehead atoms. The number of ether oxygens (including phenoxy) is 2. The molecule has 1 heterocycles. The predicted octanol–water partition coefficient (Wildman–Crippen LogP) is 3.43. The van der Waals surface area contributed by atoms with Crippen molar-refractivity contribution in [3.63, 3.8) is 0 Å². The Balaban J connectivity index is 1.97. The molecular weight excluding hydrogens is 224 g/mol. The van der Waals surface area contributed by atoms with Crippen LogP contribution in [0.1, 0.15) is 51.4 Å². The topological polar surface area (TPSA) is 18.5 Å². The van der Waals surface area contributed by atoms with Gasteiger partial charge in [0, 0.05) is 12.0 Å². The maximum absolute atomic E-state index is 6.08. The Hall–Kier alpha value is -0.230. The first-order chi connectivity index (χ1) is 7.85. The molecule has 1 unspecified atom stereocenters. The summed E-state index contributed by atoms with van der Waals surface area (Å²) in [4.78, 5) is 0. The average Bonchev–Trinajstić information content (AvgIpc) is 2.31. The van der Waals surface area contributed by atoms with Crippen LogP contribution in [0.5, 0.6) is 0 Å². The Kier molecular flexibility index (Phi) is 4.52. The van der Waals surface area contributed by atoms with E-state index in [0.717, 1.165) is 32.3 Å². The highest BCUT2D eigenvalue weighted by Gasteiger charge is 2.34. The van der Waals surface area contributed by atoms with Gasteiger partial charge in [0.25, 0.3) is 0 Å². The first-order valence-corrected chi connectivity index (χ1v) is 6.65. The van der Waals surface area contributed by atoms with E-state index in [-0.39, 0.29) is 11.9 Å². The van der Waals surface area contributed by atoms with Gasteiger partial charge in [0.15, 0.2) is 6.29 Å². The summed E-state index contributed by atoms with van der Waals surface area (Å²) < 4.78 is 11.7. The molecule has 0 spiro atoms. The van der Waals surface area contributed by atoms with E-state index in [1.54, 1.807) is 0 Å². The van der Waals surface area contributed by atoms with Gasteiger partial charge in [0.05, 0.1) is 0 Å². The molecule has 2 aliphatic rings. The fourth-order valence-electron chi connectivity index (χ4n) is 2.54. The first kappa shape index (κ1) is 12.2. The minimum absolute atomic E-state index is 0.0654. The van der Waals surface area contributed by atoms with Crippen LogP contribution in [0, 0.1) is 11.3 Å². The van der Waals surface area contributed by atoms with Crippen LogP contribution in [0.15, 0.2) is 0 Å². The van der Waals surface area contributed by atoms with E-state index >= 15 is 0 Å². The third-order valence-corrected chi connectivity index (χ3v) is 3.53. The van der Waals surface area contributed by atoms with Crippen molar-refractivity contribution in [2.24, 2.45) is 0 Å². The van der Waals surface area contributed by atoms with E-state index in [9.17, 15) is 0 Å². The zero-order chi connectivity index (χ0) is 11.3. The molecule has 90 valence electrons. The third kappa shape index (κ3) is 3.13. The van der Waals surface area contributed by atoms with Crippen LogP contribution in [-0.2, 0) is 9.47 Å². The van der Waals surface area contributed by atoms with Crippen LogP contribution in [0.25, 0.3) is 0 Å². The summed E-state index contributed by atoms with van der Waals surface area (Å²) in [7, 11) is 0. The Morgan fingerprint density at radius 2 is 1.94 bits per heavy atom. The van der Waals surface area contributed by atoms with Crippen LogP contribution >= 0.6 is 11.6 Å². The summed E-state index contributed by atoms with van der Waals surface area (Å²) in [6.07, 6.45) is 8.88. The maximum atomic E-state index is 6.08. The van der Waals surface area contributed by atoms with Gasteiger partial charge < -0.3 is 9.47 Å². The van der Waals surface area contributed by atoms with Crippen LogP contribution in [0.3, 0.4) is 0 Å². The van der Waals surface area contributed by atoms with Crippen LogP contribution in [0.4, 0.5) is 0 Å². The van der Waals surface area contributed by atoms with E-state index in [1.807, 2.05) is 0 Å². The minimum atomic E-state index is -0.331. The van der Waals surface area contributed by atoms with Crippen molar-refractivity contribution < 1.29 is 9.47 Å². The Morgan fingerprint density at radius 1 is 1.12 bits per heavy atom.